The first-order valence-corrected chi connectivity index (χ1v) is 7.05. The van der Waals surface area contributed by atoms with Gasteiger partial charge in [-0.05, 0) is 6.42 Å². The molecular weight excluding hydrogens is 200 g/mol. The number of hydrogen-bond donors (Lipinski definition) is 0. The van der Waals surface area contributed by atoms with E-state index in [2.05, 4.69) is 6.92 Å². The van der Waals surface area contributed by atoms with Crippen molar-refractivity contribution in [3.05, 3.63) is 0 Å². The van der Waals surface area contributed by atoms with Crippen LogP contribution in [0.4, 0.5) is 0 Å². The molecule has 0 aliphatic carbocycles. The van der Waals surface area contributed by atoms with E-state index in [-0.39, 0.29) is 6.10 Å². The number of unbranched alkanes of at least 4 members (excludes halogenated alkanes) is 1. The van der Waals surface area contributed by atoms with Gasteiger partial charge in [-0.3, -0.25) is 0 Å². The molecule has 1 atom stereocenters. The lowest BCUT2D eigenvalue weighted by atomic mass is 10.4. The average Bonchev–Trinajstić information content (AvgIpc) is 3.03. The Labute approximate surface area is 86.9 Å². The molecule has 1 aliphatic heterocycles. The minimum atomic E-state index is -2.37. The topological polar surface area (TPSA) is 40.2 Å². The maximum Gasteiger partial charge on any atom is 0.500 e. The van der Waals surface area contributed by atoms with Gasteiger partial charge in [0.1, 0.15) is 6.10 Å². The van der Waals surface area contributed by atoms with Crippen molar-refractivity contribution in [1.82, 2.24) is 0 Å². The molecule has 0 aromatic carbocycles. The summed E-state index contributed by atoms with van der Waals surface area (Å²) in [6, 6.07) is 0.892. The van der Waals surface area contributed by atoms with Crippen LogP contribution in [0.2, 0.25) is 6.04 Å². The van der Waals surface area contributed by atoms with Crippen LogP contribution in [0.3, 0.4) is 0 Å². The van der Waals surface area contributed by atoms with Gasteiger partial charge < -0.3 is 18.0 Å². The van der Waals surface area contributed by atoms with Crippen molar-refractivity contribution >= 4 is 8.80 Å². The van der Waals surface area contributed by atoms with Crippen molar-refractivity contribution in [1.29, 1.82) is 0 Å². The van der Waals surface area contributed by atoms with Gasteiger partial charge in [0.05, 0.1) is 13.2 Å². The molecule has 0 amide bonds. The standard InChI is InChI=1S/C9H20O4Si/c1-4-5-6-14(10-2,11-3)13-8-9-7-12-9/h9H,4-8H2,1-3H3. The van der Waals surface area contributed by atoms with Crippen LogP contribution in [0.5, 0.6) is 0 Å². The van der Waals surface area contributed by atoms with Gasteiger partial charge in [-0.25, -0.2) is 0 Å². The normalized spacial score (nSPS) is 21.2. The van der Waals surface area contributed by atoms with Crippen LogP contribution in [-0.2, 0) is 18.0 Å². The Hall–Kier alpha value is 0.0569. The second-order valence-corrected chi connectivity index (χ2v) is 6.43. The van der Waals surface area contributed by atoms with E-state index in [1.165, 1.54) is 0 Å². The lowest BCUT2D eigenvalue weighted by molar-refractivity contribution is 0.0899. The average molecular weight is 220 g/mol. The fourth-order valence-electron chi connectivity index (χ4n) is 1.25. The molecule has 0 saturated carbocycles. The van der Waals surface area contributed by atoms with E-state index in [0.29, 0.717) is 6.61 Å². The van der Waals surface area contributed by atoms with Crippen LogP contribution in [0.25, 0.3) is 0 Å². The molecule has 1 heterocycles. The number of hydrogen-bond acceptors (Lipinski definition) is 4. The van der Waals surface area contributed by atoms with Crippen LogP contribution < -0.4 is 0 Å². The fourth-order valence-corrected chi connectivity index (χ4v) is 3.44. The molecule has 0 N–H and O–H groups in total. The first-order chi connectivity index (χ1) is 6.76. The maximum absolute atomic E-state index is 5.72. The van der Waals surface area contributed by atoms with Crippen LogP contribution in [0.15, 0.2) is 0 Å². The Kier molecular flexibility index (Phi) is 5.04. The van der Waals surface area contributed by atoms with Crippen molar-refractivity contribution in [2.24, 2.45) is 0 Å². The van der Waals surface area contributed by atoms with Gasteiger partial charge in [0.25, 0.3) is 0 Å². The van der Waals surface area contributed by atoms with Crippen molar-refractivity contribution < 1.29 is 18.0 Å². The number of ether oxygens (including phenoxy) is 1. The summed E-state index contributed by atoms with van der Waals surface area (Å²) in [5, 5.41) is 0. The molecule has 0 spiro atoms. The summed E-state index contributed by atoms with van der Waals surface area (Å²) in [7, 11) is 0.964. The highest BCUT2D eigenvalue weighted by Gasteiger charge is 2.40. The predicted molar refractivity (Wildman–Crippen MR) is 55.2 cm³/mol. The summed E-state index contributed by atoms with van der Waals surface area (Å²) >= 11 is 0. The lowest BCUT2D eigenvalue weighted by Gasteiger charge is -2.25. The maximum atomic E-state index is 5.72. The zero-order valence-electron chi connectivity index (χ0n) is 9.25. The van der Waals surface area contributed by atoms with E-state index in [1.807, 2.05) is 0 Å². The molecule has 14 heavy (non-hydrogen) atoms. The van der Waals surface area contributed by atoms with Crippen molar-refractivity contribution in [2.75, 3.05) is 27.4 Å². The Bertz CT molecular complexity index is 157. The van der Waals surface area contributed by atoms with E-state index < -0.39 is 8.80 Å². The van der Waals surface area contributed by atoms with Gasteiger partial charge in [0.2, 0.25) is 0 Å². The molecule has 1 aliphatic rings. The van der Waals surface area contributed by atoms with Gasteiger partial charge in [-0.1, -0.05) is 13.3 Å². The van der Waals surface area contributed by atoms with Gasteiger partial charge in [0, 0.05) is 20.3 Å². The number of epoxide rings is 1. The van der Waals surface area contributed by atoms with Crippen LogP contribution in [0, 0.1) is 0 Å². The second-order valence-electron chi connectivity index (χ2n) is 3.46. The fraction of sp³-hybridized carbons (Fsp3) is 1.00. The van der Waals surface area contributed by atoms with Crippen molar-refractivity contribution in [3.63, 3.8) is 0 Å². The lowest BCUT2D eigenvalue weighted by Crippen LogP contribution is -2.44. The molecule has 1 saturated heterocycles. The minimum Gasteiger partial charge on any atom is -0.377 e. The van der Waals surface area contributed by atoms with Crippen molar-refractivity contribution in [3.8, 4) is 0 Å². The molecule has 4 nitrogen and oxygen atoms in total. The van der Waals surface area contributed by atoms with E-state index in [9.17, 15) is 0 Å². The molecule has 0 radical (unpaired) electrons. The van der Waals surface area contributed by atoms with E-state index in [0.717, 1.165) is 25.5 Å². The quantitative estimate of drug-likeness (QED) is 0.458. The van der Waals surface area contributed by atoms with Crippen LogP contribution >= 0.6 is 0 Å². The molecule has 1 rings (SSSR count). The Morgan fingerprint density at radius 2 is 2.00 bits per heavy atom. The van der Waals surface area contributed by atoms with Gasteiger partial charge in [-0.2, -0.15) is 0 Å². The molecule has 1 unspecified atom stereocenters. The summed E-state index contributed by atoms with van der Waals surface area (Å²) in [5.74, 6) is 0. The van der Waals surface area contributed by atoms with E-state index in [1.54, 1.807) is 14.2 Å². The highest BCUT2D eigenvalue weighted by molar-refractivity contribution is 6.60. The zero-order chi connectivity index (χ0) is 10.4. The third kappa shape index (κ3) is 3.66. The zero-order valence-corrected chi connectivity index (χ0v) is 10.2. The largest absolute Gasteiger partial charge is 0.500 e. The molecule has 5 heteroatoms. The van der Waals surface area contributed by atoms with E-state index in [4.69, 9.17) is 18.0 Å². The highest BCUT2D eigenvalue weighted by Crippen LogP contribution is 2.20. The molecule has 0 aromatic heterocycles. The minimum absolute atomic E-state index is 0.272. The van der Waals surface area contributed by atoms with Crippen LogP contribution in [0.1, 0.15) is 19.8 Å². The van der Waals surface area contributed by atoms with E-state index >= 15 is 0 Å². The smallest absolute Gasteiger partial charge is 0.377 e. The summed E-state index contributed by atoms with van der Waals surface area (Å²) < 4.78 is 21.6. The Morgan fingerprint density at radius 1 is 1.36 bits per heavy atom. The molecule has 84 valence electrons. The first-order valence-electron chi connectivity index (χ1n) is 5.12. The summed E-state index contributed by atoms with van der Waals surface area (Å²) in [4.78, 5) is 0. The molecule has 0 aromatic rings. The second kappa shape index (κ2) is 5.82. The SMILES string of the molecule is CCCC[Si](OC)(OC)OCC1CO1. The van der Waals surface area contributed by atoms with Gasteiger partial charge >= 0.3 is 8.80 Å². The molecule has 0 bridgehead atoms. The van der Waals surface area contributed by atoms with Gasteiger partial charge in [-0.15, -0.1) is 0 Å². The van der Waals surface area contributed by atoms with Crippen LogP contribution in [-0.4, -0.2) is 42.3 Å². The summed E-state index contributed by atoms with van der Waals surface area (Å²) in [5.41, 5.74) is 0. The third-order valence-electron chi connectivity index (χ3n) is 2.35. The number of rotatable bonds is 8. The third-order valence-corrected chi connectivity index (χ3v) is 5.17. The summed E-state index contributed by atoms with van der Waals surface area (Å²) in [6.45, 7) is 3.57. The van der Waals surface area contributed by atoms with Gasteiger partial charge in [0.15, 0.2) is 0 Å². The molecule has 1 fully saturated rings. The Balaban J connectivity index is 2.31. The monoisotopic (exact) mass is 220 g/mol. The highest BCUT2D eigenvalue weighted by atomic mass is 28.4. The Morgan fingerprint density at radius 3 is 2.43 bits per heavy atom. The molecular formula is C9H20O4Si. The first kappa shape index (κ1) is 12.1. The van der Waals surface area contributed by atoms with Crippen molar-refractivity contribution in [2.45, 2.75) is 31.9 Å². The summed E-state index contributed by atoms with van der Waals surface area (Å²) in [6.07, 6.45) is 2.48. The predicted octanol–water partition coefficient (Wildman–Crippen LogP) is 1.43.